The van der Waals surface area contributed by atoms with E-state index >= 15 is 0 Å². The molecule has 34 heavy (non-hydrogen) atoms. The summed E-state index contributed by atoms with van der Waals surface area (Å²) in [7, 11) is 3.69. The van der Waals surface area contributed by atoms with Crippen LogP contribution in [-0.2, 0) is 21.4 Å². The van der Waals surface area contributed by atoms with E-state index < -0.39 is 34.6 Å². The zero-order chi connectivity index (χ0) is 26.5. The Morgan fingerprint density at radius 2 is 1.15 bits per heavy atom. The molecule has 0 radical (unpaired) electrons. The second-order valence-electron chi connectivity index (χ2n) is 10.6. The third kappa shape index (κ3) is 9.69. The van der Waals surface area contributed by atoms with E-state index in [1.165, 1.54) is 25.0 Å². The number of aryl methyl sites for hydroxylation is 1. The third-order valence-corrected chi connectivity index (χ3v) is 5.14. The summed E-state index contributed by atoms with van der Waals surface area (Å²) in [6.45, 7) is 14.7. The summed E-state index contributed by atoms with van der Waals surface area (Å²) < 4.78 is 79.1. The molecule has 0 N–H and O–H groups in total. The smallest absolute Gasteiger partial charge is 0.416 e. The van der Waals surface area contributed by atoms with Crippen LogP contribution in [0.15, 0.2) is 30.3 Å². The summed E-state index contributed by atoms with van der Waals surface area (Å²) in [5.74, 6) is -2.54. The minimum Gasteiger partial charge on any atom is -0.570 e. The van der Waals surface area contributed by atoms with Gasteiger partial charge in [-0.2, -0.15) is 13.2 Å². The summed E-state index contributed by atoms with van der Waals surface area (Å²) in [5, 5.41) is 0. The van der Waals surface area contributed by atoms with Gasteiger partial charge in [-0.25, -0.2) is 13.2 Å². The highest BCUT2D eigenvalue weighted by Gasteiger charge is 2.32. The normalized spacial score (nSPS) is 14.8. The number of halogens is 6. The molecule has 0 unspecified atom stereocenters. The second kappa shape index (κ2) is 11.6. The van der Waals surface area contributed by atoms with Crippen LogP contribution in [0.5, 0.6) is 0 Å². The van der Waals surface area contributed by atoms with E-state index in [2.05, 4.69) is 11.5 Å². The minimum absolute atomic E-state index is 0.0751. The predicted molar refractivity (Wildman–Crippen MR) is 125 cm³/mol. The molecule has 2 aromatic rings. The highest BCUT2D eigenvalue weighted by atomic mass is 19.4. The van der Waals surface area contributed by atoms with E-state index in [1.807, 2.05) is 20.8 Å². The fourth-order valence-corrected chi connectivity index (χ4v) is 3.35. The molecule has 0 aliphatic carbocycles. The summed E-state index contributed by atoms with van der Waals surface area (Å²) >= 11 is 0. The molecule has 1 fully saturated rings. The van der Waals surface area contributed by atoms with Crippen LogP contribution in [0, 0.1) is 31.5 Å². The van der Waals surface area contributed by atoms with Gasteiger partial charge in [-0.15, -0.1) is 0 Å². The van der Waals surface area contributed by atoms with Gasteiger partial charge in [0, 0.05) is 30.5 Å². The molecule has 7 heteroatoms. The van der Waals surface area contributed by atoms with Crippen molar-refractivity contribution in [1.82, 2.24) is 0 Å². The van der Waals surface area contributed by atoms with Crippen LogP contribution < -0.4 is 0 Å². The molecule has 1 saturated heterocycles. The Morgan fingerprint density at radius 3 is 1.47 bits per heavy atom. The lowest BCUT2D eigenvalue weighted by Crippen LogP contribution is -2.16. The molecule has 1 aliphatic heterocycles. The molecular weight excluding hydrogens is 454 g/mol. The monoisotopic (exact) mass is 490 g/mol. The first-order chi connectivity index (χ1) is 15.3. The van der Waals surface area contributed by atoms with Gasteiger partial charge in [0.05, 0.1) is 5.56 Å². The van der Waals surface area contributed by atoms with Crippen LogP contribution in [0.25, 0.3) is 0 Å². The molecule has 1 heterocycles. The Hall–Kier alpha value is -2.02. The first-order valence-corrected chi connectivity index (χ1v) is 11.1. The fourth-order valence-electron chi connectivity index (χ4n) is 3.35. The molecule has 2 aromatic carbocycles. The van der Waals surface area contributed by atoms with Crippen LogP contribution >= 0.6 is 0 Å². The van der Waals surface area contributed by atoms with Gasteiger partial charge in [0.15, 0.2) is 0 Å². The molecule has 192 valence electrons. The molecule has 0 saturated carbocycles. The van der Waals surface area contributed by atoms with Crippen LogP contribution in [0.1, 0.15) is 76.6 Å². The van der Waals surface area contributed by atoms with Crippen molar-refractivity contribution >= 4 is 0 Å². The summed E-state index contributed by atoms with van der Waals surface area (Å²) in [5.41, 5.74) is -0.181. The summed E-state index contributed by atoms with van der Waals surface area (Å²) in [6, 6.07) is 5.60. The van der Waals surface area contributed by atoms with E-state index in [0.29, 0.717) is 17.7 Å². The SMILES string of the molecule is CC(C)(C)c1c(F)cc(F)cc1F.Cc1cc(C(C)(C)C)cc(C(F)(F)F)c1.[CH2-][O+]1CCCC1. The maximum absolute atomic E-state index is 13.1. The van der Waals surface area contributed by atoms with E-state index in [9.17, 15) is 26.3 Å². The fraction of sp³-hybridized carbons (Fsp3) is 0.519. The maximum atomic E-state index is 13.1. The van der Waals surface area contributed by atoms with Crippen molar-refractivity contribution in [3.63, 3.8) is 0 Å². The van der Waals surface area contributed by atoms with Crippen molar-refractivity contribution in [2.45, 2.75) is 78.3 Å². The van der Waals surface area contributed by atoms with Gasteiger partial charge in [0.25, 0.3) is 0 Å². The zero-order valence-corrected chi connectivity index (χ0v) is 21.1. The highest BCUT2D eigenvalue weighted by molar-refractivity contribution is 5.34. The Bertz CT molecular complexity index is 874. The molecular formula is C27H36F6O. The van der Waals surface area contributed by atoms with Crippen molar-refractivity contribution in [2.24, 2.45) is 0 Å². The minimum atomic E-state index is -4.26. The number of hydrogen-bond acceptors (Lipinski definition) is 0. The molecule has 1 nitrogen and oxygen atoms in total. The van der Waals surface area contributed by atoms with Crippen LogP contribution in [-0.4, -0.2) is 13.2 Å². The number of benzene rings is 2. The molecule has 0 amide bonds. The lowest BCUT2D eigenvalue weighted by molar-refractivity contribution is -0.137. The molecule has 0 bridgehead atoms. The van der Waals surface area contributed by atoms with E-state index in [-0.39, 0.29) is 11.0 Å². The number of hydrogen-bond donors (Lipinski definition) is 0. The second-order valence-corrected chi connectivity index (χ2v) is 10.6. The summed E-state index contributed by atoms with van der Waals surface area (Å²) in [4.78, 5) is 0. The van der Waals surface area contributed by atoms with E-state index in [1.54, 1.807) is 33.8 Å². The Kier molecular flexibility index (Phi) is 10.2. The molecule has 0 aromatic heterocycles. The molecule has 3 rings (SSSR count). The average molecular weight is 491 g/mol. The van der Waals surface area contributed by atoms with Crippen LogP contribution in [0.4, 0.5) is 26.3 Å². The molecule has 0 atom stereocenters. The zero-order valence-electron chi connectivity index (χ0n) is 21.1. The standard InChI is InChI=1S/C12H15F3.C10H11F3.C5H10O/c1-8-5-9(11(2,3)4)7-10(6-8)12(13,14)15;1-10(2,3)9-7(12)4-6(11)5-8(9)13;1-6-4-2-3-5-6/h5-7H,1-4H3;4-5H,1-3H3;1-5H2. The lowest BCUT2D eigenvalue weighted by atomic mass is 9.85. The van der Waals surface area contributed by atoms with E-state index in [0.717, 1.165) is 18.8 Å². The third-order valence-electron chi connectivity index (χ3n) is 5.14. The average Bonchev–Trinajstić information content (AvgIpc) is 3.09. The van der Waals surface area contributed by atoms with Crippen molar-refractivity contribution in [3.8, 4) is 0 Å². The number of rotatable bonds is 0. The first-order valence-electron chi connectivity index (χ1n) is 11.1. The van der Waals surface area contributed by atoms with Gasteiger partial charge in [0.2, 0.25) is 0 Å². The van der Waals surface area contributed by atoms with Gasteiger partial charge >= 0.3 is 6.18 Å². The Labute approximate surface area is 199 Å². The van der Waals surface area contributed by atoms with Crippen molar-refractivity contribution in [1.29, 1.82) is 0 Å². The summed E-state index contributed by atoms with van der Waals surface area (Å²) in [6.07, 6.45) is -1.63. The van der Waals surface area contributed by atoms with Gasteiger partial charge in [-0.1, -0.05) is 60.3 Å². The van der Waals surface area contributed by atoms with Crippen molar-refractivity contribution in [2.75, 3.05) is 13.2 Å². The van der Waals surface area contributed by atoms with Crippen molar-refractivity contribution < 1.29 is 30.7 Å². The number of alkyl halides is 3. The highest BCUT2D eigenvalue weighted by Crippen LogP contribution is 2.33. The van der Waals surface area contributed by atoms with Crippen LogP contribution in [0.3, 0.4) is 0 Å². The largest absolute Gasteiger partial charge is 0.570 e. The first kappa shape index (κ1) is 30.0. The van der Waals surface area contributed by atoms with Crippen LogP contribution in [0.2, 0.25) is 0 Å². The van der Waals surface area contributed by atoms with Gasteiger partial charge in [0.1, 0.15) is 30.7 Å². The van der Waals surface area contributed by atoms with Gasteiger partial charge < -0.3 is 4.37 Å². The quantitative estimate of drug-likeness (QED) is 0.197. The lowest BCUT2D eigenvalue weighted by Gasteiger charge is -2.21. The molecule has 1 aliphatic rings. The Morgan fingerprint density at radius 1 is 0.706 bits per heavy atom. The Balaban J connectivity index is 0.000000276. The topological polar surface area (TPSA) is 2.70 Å². The maximum Gasteiger partial charge on any atom is 0.416 e. The van der Waals surface area contributed by atoms with Crippen molar-refractivity contribution in [3.05, 3.63) is 77.1 Å². The van der Waals surface area contributed by atoms with Gasteiger partial charge in [-0.3, -0.25) is 0 Å². The molecule has 0 spiro atoms. The van der Waals surface area contributed by atoms with E-state index in [4.69, 9.17) is 0 Å². The predicted octanol–water partition coefficient (Wildman–Crippen LogP) is 8.84. The van der Waals surface area contributed by atoms with Gasteiger partial charge in [-0.05, 0) is 35.4 Å².